The summed E-state index contributed by atoms with van der Waals surface area (Å²) in [7, 11) is 0. The Morgan fingerprint density at radius 2 is 2.10 bits per heavy atom. The van der Waals surface area contributed by atoms with Gasteiger partial charge in [-0.25, -0.2) is 9.37 Å². The van der Waals surface area contributed by atoms with Crippen LogP contribution < -0.4 is 10.2 Å². The highest BCUT2D eigenvalue weighted by Gasteiger charge is 2.53. The molecule has 1 aromatic carbocycles. The number of benzene rings is 1. The van der Waals surface area contributed by atoms with Gasteiger partial charge in [-0.3, -0.25) is 14.6 Å². The summed E-state index contributed by atoms with van der Waals surface area (Å²) in [6.45, 7) is 0.532. The molecule has 2 saturated carbocycles. The molecule has 2 aliphatic rings. The molecular weight excluding hydrogens is 418 g/mol. The van der Waals surface area contributed by atoms with E-state index in [1.807, 2.05) is 0 Å². The standard InChI is InChI=1S/C20H19Cl2FN4O2/c21-16-5-11(23)1-4-18(16)27(10-28)9-15-13-3-2-12(6-14(13)15)25-20(29)17-7-24-8-19(22)26-17/h1,4-5,7-8,10,12-15H,2-3,6,9H2,(H,25,29)/t12-,13+,14?,15?/m1/s1. The molecule has 0 aliphatic heterocycles. The van der Waals surface area contributed by atoms with Crippen molar-refractivity contribution in [2.45, 2.75) is 25.3 Å². The van der Waals surface area contributed by atoms with Crippen molar-refractivity contribution in [2.75, 3.05) is 11.4 Å². The lowest BCUT2D eigenvalue weighted by Crippen LogP contribution is -2.37. The minimum Gasteiger partial charge on any atom is -0.348 e. The van der Waals surface area contributed by atoms with Crippen LogP contribution in [0.5, 0.6) is 0 Å². The van der Waals surface area contributed by atoms with Crippen molar-refractivity contribution in [2.24, 2.45) is 17.8 Å². The Bertz CT molecular complexity index is 944. The van der Waals surface area contributed by atoms with E-state index in [9.17, 15) is 14.0 Å². The first-order chi connectivity index (χ1) is 14.0. The van der Waals surface area contributed by atoms with Crippen LogP contribution in [0.4, 0.5) is 10.1 Å². The number of amides is 2. The zero-order chi connectivity index (χ0) is 20.5. The number of fused-ring (bicyclic) bond motifs is 1. The van der Waals surface area contributed by atoms with Gasteiger partial charge in [0.25, 0.3) is 5.91 Å². The fraction of sp³-hybridized carbons (Fsp3) is 0.400. The number of nitrogens with zero attached hydrogens (tertiary/aromatic N) is 3. The van der Waals surface area contributed by atoms with Crippen molar-refractivity contribution in [3.8, 4) is 0 Å². The van der Waals surface area contributed by atoms with Gasteiger partial charge < -0.3 is 10.2 Å². The maximum atomic E-state index is 13.3. The van der Waals surface area contributed by atoms with Gasteiger partial charge in [-0.2, -0.15) is 0 Å². The number of rotatable bonds is 6. The van der Waals surface area contributed by atoms with Gasteiger partial charge >= 0.3 is 0 Å². The van der Waals surface area contributed by atoms with E-state index in [0.717, 1.165) is 25.7 Å². The zero-order valence-electron chi connectivity index (χ0n) is 15.4. The van der Waals surface area contributed by atoms with E-state index >= 15 is 0 Å². The first-order valence-corrected chi connectivity index (χ1v) is 10.2. The predicted octanol–water partition coefficient (Wildman–Crippen LogP) is 3.73. The van der Waals surface area contributed by atoms with Crippen molar-refractivity contribution in [3.05, 3.63) is 52.3 Å². The van der Waals surface area contributed by atoms with Crippen LogP contribution in [0.25, 0.3) is 0 Å². The normalized spacial score (nSPS) is 25.1. The molecule has 2 fully saturated rings. The van der Waals surface area contributed by atoms with Crippen LogP contribution in [0.2, 0.25) is 10.2 Å². The lowest BCUT2D eigenvalue weighted by atomic mass is 9.95. The van der Waals surface area contributed by atoms with Crippen molar-refractivity contribution in [3.63, 3.8) is 0 Å². The SMILES string of the molecule is O=CN(CC1C2C[C@H](NC(=O)c3cncc(Cl)n3)CC[C@@H]21)c1ccc(F)cc1Cl. The Hall–Kier alpha value is -2.25. The summed E-state index contributed by atoms with van der Waals surface area (Å²) >= 11 is 11.9. The lowest BCUT2D eigenvalue weighted by molar-refractivity contribution is -0.107. The third kappa shape index (κ3) is 4.36. The topological polar surface area (TPSA) is 75.2 Å². The summed E-state index contributed by atoms with van der Waals surface area (Å²) in [5.74, 6) is 0.576. The molecule has 0 saturated heterocycles. The highest BCUT2D eigenvalue weighted by molar-refractivity contribution is 6.33. The summed E-state index contributed by atoms with van der Waals surface area (Å²) in [4.78, 5) is 33.4. The number of halogens is 3. The summed E-state index contributed by atoms with van der Waals surface area (Å²) in [5, 5.41) is 3.40. The molecular formula is C20H19Cl2FN4O2. The average Bonchev–Trinajstić information content (AvgIpc) is 3.38. The minimum absolute atomic E-state index is 0.0496. The lowest BCUT2D eigenvalue weighted by Gasteiger charge is -2.22. The quantitative estimate of drug-likeness (QED) is 0.699. The van der Waals surface area contributed by atoms with E-state index in [-0.39, 0.29) is 27.8 Å². The molecule has 4 atom stereocenters. The van der Waals surface area contributed by atoms with Gasteiger partial charge in [-0.05, 0) is 55.2 Å². The van der Waals surface area contributed by atoms with E-state index in [4.69, 9.17) is 23.2 Å². The van der Waals surface area contributed by atoms with Gasteiger partial charge in [-0.15, -0.1) is 0 Å². The summed E-state index contributed by atoms with van der Waals surface area (Å²) in [6.07, 6.45) is 6.20. The molecule has 2 aromatic rings. The second kappa shape index (κ2) is 8.24. The number of aromatic nitrogens is 2. The number of hydrogen-bond donors (Lipinski definition) is 1. The Labute approximate surface area is 177 Å². The number of carbonyl (C=O) groups excluding carboxylic acids is 2. The smallest absolute Gasteiger partial charge is 0.271 e. The largest absolute Gasteiger partial charge is 0.348 e. The van der Waals surface area contributed by atoms with E-state index < -0.39 is 5.82 Å². The third-order valence-electron chi connectivity index (χ3n) is 5.84. The maximum absolute atomic E-state index is 13.3. The van der Waals surface area contributed by atoms with Crippen LogP contribution in [-0.4, -0.2) is 34.9 Å². The fourth-order valence-electron chi connectivity index (χ4n) is 4.39. The van der Waals surface area contributed by atoms with Crippen molar-refractivity contribution in [1.82, 2.24) is 15.3 Å². The first-order valence-electron chi connectivity index (χ1n) is 9.41. The third-order valence-corrected chi connectivity index (χ3v) is 6.33. The van der Waals surface area contributed by atoms with Gasteiger partial charge in [0, 0.05) is 12.6 Å². The van der Waals surface area contributed by atoms with Crippen molar-refractivity contribution in [1.29, 1.82) is 0 Å². The van der Waals surface area contributed by atoms with Crippen LogP contribution in [0.1, 0.15) is 29.8 Å². The highest BCUT2D eigenvalue weighted by atomic mass is 35.5. The Balaban J connectivity index is 1.35. The molecule has 1 N–H and O–H groups in total. The van der Waals surface area contributed by atoms with Gasteiger partial charge in [0.1, 0.15) is 16.7 Å². The molecule has 2 unspecified atom stereocenters. The molecule has 29 heavy (non-hydrogen) atoms. The number of anilines is 1. The van der Waals surface area contributed by atoms with E-state index in [1.165, 1.54) is 30.6 Å². The van der Waals surface area contributed by atoms with E-state index in [1.54, 1.807) is 4.90 Å². The number of nitrogens with one attached hydrogen (secondary N) is 1. The second-order valence-corrected chi connectivity index (χ2v) is 8.35. The van der Waals surface area contributed by atoms with Crippen LogP contribution in [0.3, 0.4) is 0 Å². The van der Waals surface area contributed by atoms with Crippen molar-refractivity contribution < 1.29 is 14.0 Å². The maximum Gasteiger partial charge on any atom is 0.271 e. The van der Waals surface area contributed by atoms with Crippen LogP contribution in [-0.2, 0) is 4.79 Å². The Morgan fingerprint density at radius 3 is 2.83 bits per heavy atom. The average molecular weight is 437 g/mol. The zero-order valence-corrected chi connectivity index (χ0v) is 16.9. The molecule has 9 heteroatoms. The Morgan fingerprint density at radius 1 is 1.28 bits per heavy atom. The molecule has 0 spiro atoms. The Kier molecular flexibility index (Phi) is 5.69. The number of hydrogen-bond acceptors (Lipinski definition) is 4. The van der Waals surface area contributed by atoms with E-state index in [0.29, 0.717) is 30.0 Å². The molecule has 2 aliphatic carbocycles. The van der Waals surface area contributed by atoms with Gasteiger partial charge in [0.2, 0.25) is 6.41 Å². The summed E-state index contributed by atoms with van der Waals surface area (Å²) in [6, 6.07) is 4.07. The molecule has 0 bridgehead atoms. The van der Waals surface area contributed by atoms with Crippen LogP contribution >= 0.6 is 23.2 Å². The van der Waals surface area contributed by atoms with Gasteiger partial charge in [-0.1, -0.05) is 23.2 Å². The van der Waals surface area contributed by atoms with Gasteiger partial charge in [0.05, 0.1) is 23.1 Å². The second-order valence-electron chi connectivity index (χ2n) is 7.56. The molecule has 1 aromatic heterocycles. The molecule has 0 radical (unpaired) electrons. The molecule has 4 rings (SSSR count). The number of carbonyl (C=O) groups is 2. The fourth-order valence-corrected chi connectivity index (χ4v) is 4.82. The first kappa shape index (κ1) is 20.0. The monoisotopic (exact) mass is 436 g/mol. The van der Waals surface area contributed by atoms with Gasteiger partial charge in [0.15, 0.2) is 0 Å². The van der Waals surface area contributed by atoms with Crippen molar-refractivity contribution >= 4 is 41.2 Å². The van der Waals surface area contributed by atoms with Crippen LogP contribution in [0.15, 0.2) is 30.6 Å². The van der Waals surface area contributed by atoms with Crippen LogP contribution in [0, 0.1) is 23.6 Å². The minimum atomic E-state index is -0.437. The highest BCUT2D eigenvalue weighted by Crippen LogP contribution is 2.55. The summed E-state index contributed by atoms with van der Waals surface area (Å²) < 4.78 is 13.3. The predicted molar refractivity (Wildman–Crippen MR) is 107 cm³/mol. The molecule has 1 heterocycles. The summed E-state index contributed by atoms with van der Waals surface area (Å²) in [5.41, 5.74) is 0.709. The molecule has 6 nitrogen and oxygen atoms in total. The molecule has 2 amide bonds. The molecule has 152 valence electrons. The van der Waals surface area contributed by atoms with E-state index in [2.05, 4.69) is 15.3 Å².